The van der Waals surface area contributed by atoms with Crippen LogP contribution >= 0.6 is 0 Å². The molecule has 0 fully saturated rings. The number of oxazole rings is 1. The molecule has 200 valence electrons. The predicted octanol–water partition coefficient (Wildman–Crippen LogP) is 6.13. The van der Waals surface area contributed by atoms with E-state index in [4.69, 9.17) is 9.40 Å². The van der Waals surface area contributed by atoms with Crippen LogP contribution in [0.2, 0.25) is 0 Å². The van der Waals surface area contributed by atoms with Crippen LogP contribution in [0.25, 0.3) is 39.4 Å². The average Bonchev–Trinajstić information content (AvgIpc) is 3.43. The summed E-state index contributed by atoms with van der Waals surface area (Å²) in [6.07, 6.45) is 2.92. The predicted molar refractivity (Wildman–Crippen MR) is 148 cm³/mol. The van der Waals surface area contributed by atoms with E-state index in [1.54, 1.807) is 13.0 Å². The number of aliphatic hydroxyl groups is 1. The first-order chi connectivity index (χ1) is 18.5. The Hall–Kier alpha value is -4.08. The lowest BCUT2D eigenvalue weighted by molar-refractivity contribution is 0.272. The molecule has 0 unspecified atom stereocenters. The minimum Gasteiger partial charge on any atom is -0.440 e. The molecule has 0 bridgehead atoms. The van der Waals surface area contributed by atoms with Crippen LogP contribution < -0.4 is 0 Å². The van der Waals surface area contributed by atoms with Gasteiger partial charge in [0.2, 0.25) is 0 Å². The largest absolute Gasteiger partial charge is 0.440 e. The highest BCUT2D eigenvalue weighted by Gasteiger charge is 2.23. The van der Waals surface area contributed by atoms with Crippen molar-refractivity contribution < 1.29 is 22.3 Å². The number of halogens is 1. The normalized spacial score (nSPS) is 11.8. The molecule has 0 spiro atoms. The average molecular weight is 546 g/mol. The summed E-state index contributed by atoms with van der Waals surface area (Å²) in [5.41, 5.74) is 5.56. The van der Waals surface area contributed by atoms with Crippen LogP contribution in [0.15, 0.2) is 70.1 Å². The third-order valence-corrected chi connectivity index (χ3v) is 7.77. The van der Waals surface area contributed by atoms with Crippen molar-refractivity contribution in [1.82, 2.24) is 14.5 Å². The Morgan fingerprint density at radius 3 is 2.23 bits per heavy atom. The van der Waals surface area contributed by atoms with E-state index in [1.165, 1.54) is 12.1 Å². The van der Waals surface area contributed by atoms with Gasteiger partial charge in [0, 0.05) is 36.1 Å². The van der Waals surface area contributed by atoms with Gasteiger partial charge in [-0.15, -0.1) is 0 Å². The number of imidazole rings is 1. The summed E-state index contributed by atoms with van der Waals surface area (Å²) < 4.78 is 47.9. The van der Waals surface area contributed by atoms with Gasteiger partial charge in [-0.1, -0.05) is 35.9 Å². The molecule has 39 heavy (non-hydrogen) atoms. The van der Waals surface area contributed by atoms with E-state index < -0.39 is 22.3 Å². The maximum atomic E-state index is 15.0. The van der Waals surface area contributed by atoms with Crippen molar-refractivity contribution in [2.45, 2.75) is 39.2 Å². The minimum atomic E-state index is -3.80. The van der Waals surface area contributed by atoms with Crippen molar-refractivity contribution in [3.05, 3.63) is 95.1 Å². The Balaban J connectivity index is 1.79. The fourth-order valence-corrected chi connectivity index (χ4v) is 5.70. The summed E-state index contributed by atoms with van der Waals surface area (Å²) in [4.78, 5) is 9.04. The van der Waals surface area contributed by atoms with Crippen LogP contribution in [0.3, 0.4) is 0 Å². The Morgan fingerprint density at radius 2 is 1.62 bits per heavy atom. The third-order valence-electron chi connectivity index (χ3n) is 6.61. The van der Waals surface area contributed by atoms with Crippen LogP contribution in [0, 0.1) is 33.5 Å². The molecule has 0 aliphatic heterocycles. The number of aromatic nitrogens is 3. The maximum absolute atomic E-state index is 15.0. The molecule has 0 amide bonds. The van der Waals surface area contributed by atoms with Gasteiger partial charge < -0.3 is 14.1 Å². The van der Waals surface area contributed by atoms with Crippen LogP contribution in [-0.4, -0.2) is 34.3 Å². The second kappa shape index (κ2) is 9.91. The van der Waals surface area contributed by atoms with E-state index >= 15 is 4.39 Å². The van der Waals surface area contributed by atoms with Crippen molar-refractivity contribution in [3.8, 4) is 39.4 Å². The summed E-state index contributed by atoms with van der Waals surface area (Å²) >= 11 is 0. The number of aryl methyl sites for hydroxylation is 4. The lowest BCUT2D eigenvalue weighted by atomic mass is 9.97. The summed E-state index contributed by atoms with van der Waals surface area (Å²) in [7, 11) is -3.80. The molecule has 2 aromatic heterocycles. The Labute approximate surface area is 226 Å². The zero-order valence-electron chi connectivity index (χ0n) is 22.3. The summed E-state index contributed by atoms with van der Waals surface area (Å²) in [6.45, 7) is 6.87. The molecular formula is C30H28FN3O4S. The molecule has 7 nitrogen and oxygen atoms in total. The molecule has 0 saturated heterocycles. The molecule has 1 N–H and O–H groups in total. The van der Waals surface area contributed by atoms with E-state index in [2.05, 4.69) is 4.98 Å². The van der Waals surface area contributed by atoms with E-state index in [1.807, 2.05) is 67.9 Å². The standard InChI is InChI=1S/C30H28FN3O4S/c1-17-6-8-21(9-7-17)30-29(33-20(4)38-30)24-12-22(10-11-27(24)34-15-18(2)32-19(34)3)23-13-26(31)25(16-35)28(14-23)39(5,36)37/h6-15,35H,16H2,1-5H3. The highest BCUT2D eigenvalue weighted by Crippen LogP contribution is 2.39. The van der Waals surface area contributed by atoms with Gasteiger partial charge in [0.1, 0.15) is 17.3 Å². The van der Waals surface area contributed by atoms with Gasteiger partial charge >= 0.3 is 0 Å². The number of aliphatic hydroxyl groups excluding tert-OH is 1. The SMILES string of the molecule is Cc1ccc(-c2oc(C)nc2-c2cc(-c3cc(F)c(CO)c(S(C)(=O)=O)c3)ccc2-n2cc(C)nc2C)cc1. The third kappa shape index (κ3) is 5.03. The van der Waals surface area contributed by atoms with E-state index in [0.29, 0.717) is 34.0 Å². The number of hydrogen-bond acceptors (Lipinski definition) is 6. The molecule has 5 rings (SSSR count). The van der Waals surface area contributed by atoms with Crippen LogP contribution in [0.5, 0.6) is 0 Å². The van der Waals surface area contributed by atoms with Crippen LogP contribution in [-0.2, 0) is 16.4 Å². The first-order valence-corrected chi connectivity index (χ1v) is 14.2. The van der Waals surface area contributed by atoms with Crippen molar-refractivity contribution >= 4 is 9.84 Å². The molecule has 0 aliphatic rings. The number of rotatable bonds is 6. The Morgan fingerprint density at radius 1 is 0.923 bits per heavy atom. The van der Waals surface area contributed by atoms with E-state index in [0.717, 1.165) is 34.6 Å². The first-order valence-electron chi connectivity index (χ1n) is 12.3. The number of benzene rings is 3. The van der Waals surface area contributed by atoms with Gasteiger partial charge in [-0.25, -0.2) is 22.8 Å². The fourth-order valence-electron chi connectivity index (χ4n) is 4.75. The summed E-state index contributed by atoms with van der Waals surface area (Å²) in [6, 6.07) is 16.1. The number of sulfone groups is 1. The maximum Gasteiger partial charge on any atom is 0.192 e. The lowest BCUT2D eigenvalue weighted by Gasteiger charge is -2.15. The number of hydrogen-bond donors (Lipinski definition) is 1. The summed E-state index contributed by atoms with van der Waals surface area (Å²) in [5.74, 6) is 1.04. The molecule has 0 aliphatic carbocycles. The number of nitrogens with zero attached hydrogens (tertiary/aromatic N) is 3. The Kier molecular flexibility index (Phi) is 6.74. The zero-order valence-corrected chi connectivity index (χ0v) is 23.1. The van der Waals surface area contributed by atoms with Crippen LogP contribution in [0.1, 0.15) is 28.5 Å². The lowest BCUT2D eigenvalue weighted by Crippen LogP contribution is -2.06. The molecule has 0 saturated carbocycles. The fraction of sp³-hybridized carbons (Fsp3) is 0.200. The van der Waals surface area contributed by atoms with Crippen molar-refractivity contribution in [3.63, 3.8) is 0 Å². The van der Waals surface area contributed by atoms with E-state index in [9.17, 15) is 13.5 Å². The van der Waals surface area contributed by atoms with Gasteiger partial charge in [-0.05, 0) is 56.2 Å². The topological polar surface area (TPSA) is 98.2 Å². The summed E-state index contributed by atoms with van der Waals surface area (Å²) in [5, 5.41) is 9.63. The first kappa shape index (κ1) is 26.5. The molecule has 9 heteroatoms. The smallest absolute Gasteiger partial charge is 0.192 e. The van der Waals surface area contributed by atoms with Crippen LogP contribution in [0.4, 0.5) is 4.39 Å². The van der Waals surface area contributed by atoms with Gasteiger partial charge in [0.15, 0.2) is 21.5 Å². The second-order valence-corrected chi connectivity index (χ2v) is 11.7. The molecule has 5 aromatic rings. The van der Waals surface area contributed by atoms with Gasteiger partial charge in [0.05, 0.1) is 22.9 Å². The van der Waals surface area contributed by atoms with Crippen molar-refractivity contribution in [2.75, 3.05) is 6.26 Å². The van der Waals surface area contributed by atoms with Gasteiger partial charge in [-0.2, -0.15) is 0 Å². The van der Waals surface area contributed by atoms with E-state index in [-0.39, 0.29) is 10.5 Å². The minimum absolute atomic E-state index is 0.246. The molecular weight excluding hydrogens is 517 g/mol. The van der Waals surface area contributed by atoms with Gasteiger partial charge in [0.25, 0.3) is 0 Å². The molecule has 3 aromatic carbocycles. The molecule has 2 heterocycles. The monoisotopic (exact) mass is 545 g/mol. The van der Waals surface area contributed by atoms with Crippen molar-refractivity contribution in [2.24, 2.45) is 0 Å². The second-order valence-electron chi connectivity index (χ2n) is 9.67. The zero-order chi connectivity index (χ0) is 28.1. The highest BCUT2D eigenvalue weighted by atomic mass is 32.2. The quantitative estimate of drug-likeness (QED) is 0.276. The van der Waals surface area contributed by atoms with Crippen molar-refractivity contribution in [1.29, 1.82) is 0 Å². The van der Waals surface area contributed by atoms with Gasteiger partial charge in [-0.3, -0.25) is 0 Å². The molecule has 0 atom stereocenters. The highest BCUT2D eigenvalue weighted by molar-refractivity contribution is 7.90. The molecule has 0 radical (unpaired) electrons. The Bertz CT molecular complexity index is 1820.